The molecular formula is C44H54N10O9. The zero-order valence-electron chi connectivity index (χ0n) is 36.0. The number of carbonyl (C=O) groups excluding carboxylic acids is 3. The molecule has 3 aliphatic heterocycles. The van der Waals surface area contributed by atoms with E-state index in [0.29, 0.717) is 105 Å². The molecule has 2 fully saturated rings. The molecule has 0 aliphatic carbocycles. The van der Waals surface area contributed by atoms with Crippen LogP contribution in [0.2, 0.25) is 0 Å². The third-order valence-electron chi connectivity index (χ3n) is 11.7. The van der Waals surface area contributed by atoms with Gasteiger partial charge in [-0.05, 0) is 37.1 Å². The molecule has 0 saturated carbocycles. The van der Waals surface area contributed by atoms with E-state index in [1.807, 2.05) is 29.2 Å². The smallest absolute Gasteiger partial charge is 0.269 e. The monoisotopic (exact) mass is 866 g/mol. The number of rotatable bonds is 13. The molecule has 19 heteroatoms. The summed E-state index contributed by atoms with van der Waals surface area (Å²) in [5.74, 6) is 2.58. The van der Waals surface area contributed by atoms with Gasteiger partial charge in [0.2, 0.25) is 11.8 Å². The van der Waals surface area contributed by atoms with Gasteiger partial charge < -0.3 is 44.0 Å². The Labute approximate surface area is 363 Å². The second-order valence-electron chi connectivity index (χ2n) is 15.5. The molecule has 0 bridgehead atoms. The van der Waals surface area contributed by atoms with Gasteiger partial charge in [-0.1, -0.05) is 0 Å². The van der Waals surface area contributed by atoms with Gasteiger partial charge in [0.25, 0.3) is 11.1 Å². The molecule has 5 aromatic rings. The van der Waals surface area contributed by atoms with E-state index in [4.69, 9.17) is 18.9 Å². The largest absolute Gasteiger partial charge is 0.497 e. The lowest BCUT2D eigenvalue weighted by molar-refractivity contribution is -0.134. The minimum atomic E-state index is -0.486. The van der Waals surface area contributed by atoms with E-state index >= 15 is 0 Å². The van der Waals surface area contributed by atoms with Crippen LogP contribution in [0, 0.1) is 0 Å². The van der Waals surface area contributed by atoms with Crippen LogP contribution in [0.1, 0.15) is 31.4 Å². The normalized spacial score (nSPS) is 18.9. The maximum absolute atomic E-state index is 12.8. The lowest BCUT2D eigenvalue weighted by Gasteiger charge is -2.38. The van der Waals surface area contributed by atoms with E-state index in [2.05, 4.69) is 35.8 Å². The highest BCUT2D eigenvalue weighted by atomic mass is 16.6. The van der Waals surface area contributed by atoms with Crippen LogP contribution in [0.3, 0.4) is 0 Å². The number of nitrogens with one attached hydrogen (secondary N) is 3. The van der Waals surface area contributed by atoms with Gasteiger partial charge >= 0.3 is 0 Å². The van der Waals surface area contributed by atoms with Gasteiger partial charge in [-0.15, -0.1) is 0 Å². The number of ether oxygens (including phenoxy) is 4. The molecule has 19 nitrogen and oxygen atoms in total. The number of ketones is 1. The lowest BCUT2D eigenvalue weighted by atomic mass is 9.96. The first-order chi connectivity index (χ1) is 30.6. The Morgan fingerprint density at radius 1 is 0.714 bits per heavy atom. The van der Waals surface area contributed by atoms with Crippen LogP contribution in [0.15, 0.2) is 70.6 Å². The highest BCUT2D eigenvalue weighted by Crippen LogP contribution is 2.29. The van der Waals surface area contributed by atoms with E-state index < -0.39 is 6.04 Å². The fourth-order valence-corrected chi connectivity index (χ4v) is 8.26. The predicted molar refractivity (Wildman–Crippen MR) is 233 cm³/mol. The standard InChI is InChI=1S/C26H32N6O5.C18H22N4O4/c1-27-26(34)22-11-17(28-14-18-12-23-24(15-29-18)37-10-9-36-23)5-6-31(22)7-8-32-21-13-19(35-2)3-4-20(21)30-16-25(32)33;1-19-18(25)16-9-12(23)5-6-21(16)7-8-22-15-10-13(26-2)3-4-14(15)20-11-17(22)24/h3-4,12-13,15-17,22,28H,5-11,14H2,1-2H3,(H,27,34);3-4,10-11,16H,5-9H2,1-2H3,(H,19,25). The number of methoxy groups -OCH3 is 2. The number of pyridine rings is 1. The van der Waals surface area contributed by atoms with Crippen molar-refractivity contribution in [3.05, 3.63) is 87.5 Å². The predicted octanol–water partition coefficient (Wildman–Crippen LogP) is 1.12. The summed E-state index contributed by atoms with van der Waals surface area (Å²) in [5, 5.41) is 8.96. The number of Topliss-reactive ketones (excluding diaryl/α,β-unsaturated/α-hetero) is 1. The third kappa shape index (κ3) is 10.6. The lowest BCUT2D eigenvalue weighted by Crippen LogP contribution is -2.55. The summed E-state index contributed by atoms with van der Waals surface area (Å²) in [5.41, 5.74) is 3.29. The van der Waals surface area contributed by atoms with Crippen LogP contribution < -0.4 is 46.0 Å². The number of benzene rings is 2. The number of likely N-dealkylation sites (N-methyl/N-ethyl adjacent to an activating group) is 2. The highest BCUT2D eigenvalue weighted by Gasteiger charge is 2.34. The van der Waals surface area contributed by atoms with E-state index in [0.717, 1.165) is 24.2 Å². The summed E-state index contributed by atoms with van der Waals surface area (Å²) < 4.78 is 25.1. The molecule has 334 valence electrons. The van der Waals surface area contributed by atoms with Gasteiger partial charge in [0, 0.05) is 97.0 Å². The van der Waals surface area contributed by atoms with Crippen LogP contribution in [-0.4, -0.2) is 137 Å². The Balaban J connectivity index is 0.000000201. The second-order valence-corrected chi connectivity index (χ2v) is 15.5. The molecule has 2 saturated heterocycles. The summed E-state index contributed by atoms with van der Waals surface area (Å²) in [6.45, 7) is 4.76. The third-order valence-corrected chi connectivity index (χ3v) is 11.7. The molecule has 8 rings (SSSR count). The van der Waals surface area contributed by atoms with Gasteiger partial charge in [0.1, 0.15) is 30.5 Å². The molecular weight excluding hydrogens is 813 g/mol. The van der Waals surface area contributed by atoms with Crippen molar-refractivity contribution >= 4 is 39.7 Å². The minimum Gasteiger partial charge on any atom is -0.497 e. The van der Waals surface area contributed by atoms with Gasteiger partial charge in [0.15, 0.2) is 11.5 Å². The summed E-state index contributed by atoms with van der Waals surface area (Å²) >= 11 is 0. The molecule has 3 unspecified atom stereocenters. The first-order valence-electron chi connectivity index (χ1n) is 21.1. The van der Waals surface area contributed by atoms with Crippen molar-refractivity contribution in [3.8, 4) is 23.0 Å². The zero-order chi connectivity index (χ0) is 44.5. The molecule has 63 heavy (non-hydrogen) atoms. The Bertz CT molecular complexity index is 2560. The van der Waals surface area contributed by atoms with Crippen LogP contribution in [-0.2, 0) is 34.0 Å². The topological polar surface area (TPSA) is 213 Å². The molecule has 3 aromatic heterocycles. The van der Waals surface area contributed by atoms with E-state index in [1.54, 1.807) is 61.8 Å². The Kier molecular flexibility index (Phi) is 14.6. The molecule has 3 aliphatic rings. The van der Waals surface area contributed by atoms with Crippen LogP contribution in [0.4, 0.5) is 0 Å². The fraction of sp³-hybridized carbons (Fsp3) is 0.455. The first-order valence-corrected chi connectivity index (χ1v) is 21.1. The van der Waals surface area contributed by atoms with Crippen molar-refractivity contribution in [1.82, 2.24) is 49.8 Å². The Hall–Kier alpha value is -6.44. The van der Waals surface area contributed by atoms with Gasteiger partial charge in [-0.3, -0.25) is 38.8 Å². The van der Waals surface area contributed by atoms with Crippen LogP contribution in [0.25, 0.3) is 22.1 Å². The number of carbonyl (C=O) groups is 3. The van der Waals surface area contributed by atoms with Crippen LogP contribution in [0.5, 0.6) is 23.0 Å². The summed E-state index contributed by atoms with van der Waals surface area (Å²) in [6, 6.07) is 12.1. The van der Waals surface area contributed by atoms with E-state index in [9.17, 15) is 24.0 Å². The van der Waals surface area contributed by atoms with Gasteiger partial charge in [0.05, 0.1) is 72.7 Å². The van der Waals surface area contributed by atoms with Crippen molar-refractivity contribution < 1.29 is 33.3 Å². The Morgan fingerprint density at radius 3 is 1.87 bits per heavy atom. The molecule has 3 N–H and O–H groups in total. The van der Waals surface area contributed by atoms with Crippen molar-refractivity contribution in [3.63, 3.8) is 0 Å². The summed E-state index contributed by atoms with van der Waals surface area (Å²) in [6.07, 6.45) is 6.49. The average Bonchev–Trinajstić information content (AvgIpc) is 3.32. The van der Waals surface area contributed by atoms with Crippen LogP contribution >= 0.6 is 0 Å². The number of fused-ring (bicyclic) bond motifs is 3. The molecule has 3 atom stereocenters. The number of hydrogen-bond donors (Lipinski definition) is 3. The van der Waals surface area contributed by atoms with Gasteiger partial charge in [-0.2, -0.15) is 0 Å². The Morgan fingerprint density at radius 2 is 1.29 bits per heavy atom. The number of likely N-dealkylation sites (tertiary alicyclic amines) is 2. The number of piperidine rings is 2. The quantitative estimate of drug-likeness (QED) is 0.151. The number of aromatic nitrogens is 5. The van der Waals surface area contributed by atoms with E-state index in [-0.39, 0.29) is 47.2 Å². The summed E-state index contributed by atoms with van der Waals surface area (Å²) in [4.78, 5) is 78.6. The number of nitrogens with zero attached hydrogens (tertiary/aromatic N) is 7. The number of hydrogen-bond acceptors (Lipinski definition) is 15. The second kappa shape index (κ2) is 20.6. The SMILES string of the molecule is CNC(=O)C1CC(=O)CCN1CCn1c(=O)cnc2ccc(OC)cc21.CNC(=O)C1CC(NCc2cc3c(cn2)OCCO3)CCN1CCn1c(=O)cnc2ccc(OC)cc21. The zero-order valence-corrected chi connectivity index (χ0v) is 36.0. The van der Waals surface area contributed by atoms with Crippen molar-refractivity contribution in [2.45, 2.75) is 63.4 Å². The highest BCUT2D eigenvalue weighted by molar-refractivity contribution is 5.90. The maximum atomic E-state index is 12.8. The fourth-order valence-electron chi connectivity index (χ4n) is 8.26. The molecule has 2 amide bonds. The minimum absolute atomic E-state index is 0.0300. The van der Waals surface area contributed by atoms with Crippen molar-refractivity contribution in [2.24, 2.45) is 0 Å². The maximum Gasteiger partial charge on any atom is 0.269 e. The molecule has 2 aromatic carbocycles. The number of amides is 2. The molecule has 6 heterocycles. The molecule has 0 spiro atoms. The van der Waals surface area contributed by atoms with Crippen molar-refractivity contribution in [2.75, 3.05) is 67.7 Å². The summed E-state index contributed by atoms with van der Waals surface area (Å²) in [7, 11) is 6.38. The van der Waals surface area contributed by atoms with E-state index in [1.165, 1.54) is 12.4 Å². The average molecular weight is 867 g/mol. The van der Waals surface area contributed by atoms with Crippen molar-refractivity contribution in [1.29, 1.82) is 0 Å². The first kappa shape index (κ1) is 44.6. The van der Waals surface area contributed by atoms with Gasteiger partial charge in [-0.25, -0.2) is 9.97 Å². The molecule has 0 radical (unpaired) electrons.